The van der Waals surface area contributed by atoms with Crippen LogP contribution in [0.15, 0.2) is 0 Å². The molecule has 0 aromatic heterocycles. The zero-order valence-electron chi connectivity index (χ0n) is 18.2. The Morgan fingerprint density at radius 3 is 2.29 bits per heavy atom. The third-order valence-corrected chi connectivity index (χ3v) is 6.94. The Labute approximate surface area is 171 Å². The van der Waals surface area contributed by atoms with Crippen LogP contribution in [0.2, 0.25) is 0 Å². The monoisotopic (exact) mass is 392 g/mol. The van der Waals surface area contributed by atoms with Gasteiger partial charge in [0.2, 0.25) is 11.8 Å². The number of rotatable bonds is 5. The van der Waals surface area contributed by atoms with E-state index in [0.29, 0.717) is 42.5 Å². The number of nitrogens with one attached hydrogen (secondary N) is 1. The van der Waals surface area contributed by atoms with Crippen LogP contribution in [0.3, 0.4) is 0 Å². The highest BCUT2D eigenvalue weighted by molar-refractivity contribution is 5.79. The van der Waals surface area contributed by atoms with Crippen LogP contribution >= 0.6 is 0 Å². The van der Waals surface area contributed by atoms with Gasteiger partial charge in [-0.1, -0.05) is 20.8 Å². The van der Waals surface area contributed by atoms with Gasteiger partial charge in [0, 0.05) is 45.7 Å². The van der Waals surface area contributed by atoms with Gasteiger partial charge < -0.3 is 15.1 Å². The molecule has 6 nitrogen and oxygen atoms in total. The molecular weight excluding hydrogens is 352 g/mol. The summed E-state index contributed by atoms with van der Waals surface area (Å²) in [5, 5.41) is 3.46. The van der Waals surface area contributed by atoms with Crippen molar-refractivity contribution in [2.45, 2.75) is 46.5 Å². The predicted octanol–water partition coefficient (Wildman–Crippen LogP) is 1.66. The highest BCUT2D eigenvalue weighted by Gasteiger charge is 2.29. The molecule has 3 fully saturated rings. The van der Waals surface area contributed by atoms with Crippen molar-refractivity contribution in [2.75, 3.05) is 58.9 Å². The van der Waals surface area contributed by atoms with E-state index < -0.39 is 0 Å². The van der Waals surface area contributed by atoms with Gasteiger partial charge in [-0.2, -0.15) is 0 Å². The minimum atomic E-state index is 0.261. The molecule has 0 saturated carbocycles. The summed E-state index contributed by atoms with van der Waals surface area (Å²) in [6.45, 7) is 14.3. The lowest BCUT2D eigenvalue weighted by Crippen LogP contribution is -2.53. The molecule has 3 aliphatic heterocycles. The summed E-state index contributed by atoms with van der Waals surface area (Å²) in [5.41, 5.74) is 0. The smallest absolute Gasteiger partial charge is 0.236 e. The third-order valence-electron chi connectivity index (χ3n) is 6.94. The summed E-state index contributed by atoms with van der Waals surface area (Å²) in [7, 11) is 0. The Bertz CT molecular complexity index is 517. The number of nitrogens with zero attached hydrogens (tertiary/aromatic N) is 3. The molecule has 3 rings (SSSR count). The van der Waals surface area contributed by atoms with Crippen molar-refractivity contribution in [3.05, 3.63) is 0 Å². The number of hydrogen-bond acceptors (Lipinski definition) is 4. The van der Waals surface area contributed by atoms with E-state index >= 15 is 0 Å². The SMILES string of the molecule is CC1CC(C)CN(C(=O)CN2CCN(C(=O)CC(C)C3CCCNC3)CC2)C1. The van der Waals surface area contributed by atoms with E-state index in [1.165, 1.54) is 19.3 Å². The van der Waals surface area contributed by atoms with Crippen molar-refractivity contribution in [1.29, 1.82) is 0 Å². The van der Waals surface area contributed by atoms with Crippen LogP contribution in [0.1, 0.15) is 46.5 Å². The Morgan fingerprint density at radius 1 is 1.00 bits per heavy atom. The van der Waals surface area contributed by atoms with Gasteiger partial charge in [0.25, 0.3) is 0 Å². The molecule has 3 heterocycles. The molecule has 1 N–H and O–H groups in total. The molecule has 2 amide bonds. The molecule has 0 aromatic carbocycles. The van der Waals surface area contributed by atoms with Crippen molar-refractivity contribution in [3.8, 4) is 0 Å². The molecule has 160 valence electrons. The molecule has 4 atom stereocenters. The average molecular weight is 393 g/mol. The van der Waals surface area contributed by atoms with Crippen LogP contribution in [-0.2, 0) is 9.59 Å². The lowest BCUT2D eigenvalue weighted by Gasteiger charge is -2.39. The van der Waals surface area contributed by atoms with Gasteiger partial charge in [0.15, 0.2) is 0 Å². The molecule has 0 aliphatic carbocycles. The maximum Gasteiger partial charge on any atom is 0.236 e. The molecule has 28 heavy (non-hydrogen) atoms. The number of carbonyl (C=O) groups is 2. The standard InChI is InChI=1S/C22H40N4O2/c1-17-11-18(2)15-26(14-17)22(28)16-24-7-9-25(10-8-24)21(27)12-19(3)20-5-4-6-23-13-20/h17-20,23H,4-16H2,1-3H3. The van der Waals surface area contributed by atoms with Crippen LogP contribution in [0.25, 0.3) is 0 Å². The molecule has 3 aliphatic rings. The third kappa shape index (κ3) is 5.93. The number of piperidine rings is 2. The van der Waals surface area contributed by atoms with Crippen LogP contribution < -0.4 is 5.32 Å². The molecule has 0 aromatic rings. The van der Waals surface area contributed by atoms with Crippen molar-refractivity contribution in [1.82, 2.24) is 20.0 Å². The van der Waals surface area contributed by atoms with Crippen molar-refractivity contribution >= 4 is 11.8 Å². The summed E-state index contributed by atoms with van der Waals surface area (Å²) < 4.78 is 0. The maximum absolute atomic E-state index is 12.7. The number of piperazine rings is 1. The zero-order chi connectivity index (χ0) is 20.1. The molecule has 0 radical (unpaired) electrons. The number of likely N-dealkylation sites (tertiary alicyclic amines) is 1. The van der Waals surface area contributed by atoms with E-state index in [1.54, 1.807) is 0 Å². The minimum Gasteiger partial charge on any atom is -0.341 e. The summed E-state index contributed by atoms with van der Waals surface area (Å²) in [6.07, 6.45) is 4.35. The fraction of sp³-hybridized carbons (Fsp3) is 0.909. The fourth-order valence-corrected chi connectivity index (χ4v) is 5.25. The van der Waals surface area contributed by atoms with Crippen molar-refractivity contribution < 1.29 is 9.59 Å². The van der Waals surface area contributed by atoms with Gasteiger partial charge >= 0.3 is 0 Å². The molecule has 0 bridgehead atoms. The van der Waals surface area contributed by atoms with Crippen LogP contribution in [0.4, 0.5) is 0 Å². The Hall–Kier alpha value is -1.14. The second kappa shape index (κ2) is 10.1. The largest absolute Gasteiger partial charge is 0.341 e. The fourth-order valence-electron chi connectivity index (χ4n) is 5.25. The molecule has 6 heteroatoms. The Balaban J connectivity index is 1.39. The first-order valence-corrected chi connectivity index (χ1v) is 11.4. The van der Waals surface area contributed by atoms with E-state index in [-0.39, 0.29) is 5.91 Å². The van der Waals surface area contributed by atoms with E-state index in [2.05, 4.69) is 35.9 Å². The van der Waals surface area contributed by atoms with Gasteiger partial charge in [0.05, 0.1) is 6.54 Å². The van der Waals surface area contributed by atoms with E-state index in [1.807, 2.05) is 4.90 Å². The van der Waals surface area contributed by atoms with Crippen LogP contribution in [0, 0.1) is 23.7 Å². The zero-order valence-corrected chi connectivity index (χ0v) is 18.2. The predicted molar refractivity (Wildman–Crippen MR) is 112 cm³/mol. The van der Waals surface area contributed by atoms with Gasteiger partial charge in [-0.15, -0.1) is 0 Å². The maximum atomic E-state index is 12.7. The van der Waals surface area contributed by atoms with E-state index in [9.17, 15) is 9.59 Å². The molecule has 4 unspecified atom stereocenters. The molecular formula is C22H40N4O2. The van der Waals surface area contributed by atoms with Gasteiger partial charge in [-0.25, -0.2) is 0 Å². The second-order valence-electron chi connectivity index (χ2n) is 9.69. The summed E-state index contributed by atoms with van der Waals surface area (Å²) in [5.74, 6) is 2.83. The summed E-state index contributed by atoms with van der Waals surface area (Å²) in [6, 6.07) is 0. The average Bonchev–Trinajstić information content (AvgIpc) is 2.68. The summed E-state index contributed by atoms with van der Waals surface area (Å²) in [4.78, 5) is 31.7. The minimum absolute atomic E-state index is 0.261. The van der Waals surface area contributed by atoms with Gasteiger partial charge in [0.1, 0.15) is 0 Å². The highest BCUT2D eigenvalue weighted by Crippen LogP contribution is 2.24. The lowest BCUT2D eigenvalue weighted by molar-refractivity contribution is -0.137. The highest BCUT2D eigenvalue weighted by atomic mass is 16.2. The first-order chi connectivity index (χ1) is 13.4. The second-order valence-corrected chi connectivity index (χ2v) is 9.69. The Kier molecular flexibility index (Phi) is 7.75. The van der Waals surface area contributed by atoms with Crippen LogP contribution in [-0.4, -0.2) is 85.4 Å². The van der Waals surface area contributed by atoms with E-state index in [4.69, 9.17) is 0 Å². The van der Waals surface area contributed by atoms with Crippen molar-refractivity contribution in [3.63, 3.8) is 0 Å². The van der Waals surface area contributed by atoms with Crippen LogP contribution in [0.5, 0.6) is 0 Å². The van der Waals surface area contributed by atoms with E-state index in [0.717, 1.165) is 52.4 Å². The Morgan fingerprint density at radius 2 is 1.68 bits per heavy atom. The molecule has 3 saturated heterocycles. The first kappa shape index (κ1) is 21.6. The van der Waals surface area contributed by atoms with Gasteiger partial charge in [-0.3, -0.25) is 14.5 Å². The molecule has 0 spiro atoms. The normalized spacial score (nSPS) is 30.9. The lowest BCUT2D eigenvalue weighted by atomic mass is 9.85. The first-order valence-electron chi connectivity index (χ1n) is 11.4. The van der Waals surface area contributed by atoms with Crippen molar-refractivity contribution in [2.24, 2.45) is 23.7 Å². The summed E-state index contributed by atoms with van der Waals surface area (Å²) >= 11 is 0. The number of amides is 2. The number of carbonyl (C=O) groups excluding carboxylic acids is 2. The quantitative estimate of drug-likeness (QED) is 0.773. The topological polar surface area (TPSA) is 55.9 Å². The van der Waals surface area contributed by atoms with Gasteiger partial charge in [-0.05, 0) is 56.0 Å². The number of hydrogen-bond donors (Lipinski definition) is 1.